The lowest BCUT2D eigenvalue weighted by atomic mass is 9.86. The molecule has 0 unspecified atom stereocenters. The van der Waals surface area contributed by atoms with Crippen molar-refractivity contribution in [2.45, 2.75) is 25.7 Å². The van der Waals surface area contributed by atoms with Crippen LogP contribution in [0.25, 0.3) is 21.5 Å². The van der Waals surface area contributed by atoms with Gasteiger partial charge in [-0.3, -0.25) is 4.79 Å². The Labute approximate surface area is 144 Å². The lowest BCUT2D eigenvalue weighted by Gasteiger charge is -2.18. The van der Waals surface area contributed by atoms with Crippen LogP contribution in [0, 0.1) is 0 Å². The second-order valence-electron chi connectivity index (χ2n) is 5.82. The van der Waals surface area contributed by atoms with E-state index in [4.69, 9.17) is 5.11 Å². The molecule has 2 nitrogen and oxygen atoms in total. The van der Waals surface area contributed by atoms with E-state index in [2.05, 4.69) is 64.5 Å². The average molecular weight is 371 g/mol. The number of halogens is 1. The van der Waals surface area contributed by atoms with Crippen LogP contribution in [0.5, 0.6) is 0 Å². The first-order chi connectivity index (χ1) is 11.2. The number of benzene rings is 3. The van der Waals surface area contributed by atoms with E-state index in [-0.39, 0.29) is 5.33 Å². The van der Waals surface area contributed by atoms with Crippen LogP contribution >= 0.6 is 15.9 Å². The van der Waals surface area contributed by atoms with Crippen LogP contribution in [-0.4, -0.2) is 16.4 Å². The maximum Gasteiger partial charge on any atom is 0.314 e. The molecule has 4 rings (SSSR count). The summed E-state index contributed by atoms with van der Waals surface area (Å²) in [5, 5.41) is 13.4. The van der Waals surface area contributed by atoms with Crippen molar-refractivity contribution in [3.8, 4) is 0 Å². The van der Waals surface area contributed by atoms with Crippen LogP contribution in [-0.2, 0) is 17.6 Å². The van der Waals surface area contributed by atoms with Gasteiger partial charge in [-0.05, 0) is 58.4 Å². The van der Waals surface area contributed by atoms with Gasteiger partial charge in [-0.2, -0.15) is 0 Å². The minimum Gasteiger partial charge on any atom is -0.481 e. The molecule has 0 atom stereocenters. The van der Waals surface area contributed by atoms with Crippen molar-refractivity contribution in [1.29, 1.82) is 0 Å². The molecule has 0 saturated carbocycles. The highest BCUT2D eigenvalue weighted by Gasteiger charge is 2.13. The number of carbonyl (C=O) groups is 1. The van der Waals surface area contributed by atoms with Crippen LogP contribution in [0.1, 0.15) is 24.0 Å². The maximum atomic E-state index is 9.32. The van der Waals surface area contributed by atoms with E-state index in [0.717, 1.165) is 0 Å². The van der Waals surface area contributed by atoms with Gasteiger partial charge in [-0.15, -0.1) is 0 Å². The third-order valence-electron chi connectivity index (χ3n) is 4.37. The Hall–Kier alpha value is -1.87. The van der Waals surface area contributed by atoms with Crippen LogP contribution < -0.4 is 0 Å². The largest absolute Gasteiger partial charge is 0.481 e. The van der Waals surface area contributed by atoms with Crippen molar-refractivity contribution in [1.82, 2.24) is 0 Å². The molecule has 0 bridgehead atoms. The topological polar surface area (TPSA) is 37.3 Å². The summed E-state index contributed by atoms with van der Waals surface area (Å²) in [5.41, 5.74) is 3.17. The average Bonchev–Trinajstić information content (AvgIpc) is 2.61. The predicted molar refractivity (Wildman–Crippen MR) is 99.5 cm³/mol. The molecule has 1 aliphatic carbocycles. The normalized spacial score (nSPS) is 13.3. The molecule has 0 fully saturated rings. The minimum absolute atomic E-state index is 0.0347. The number of carboxylic acid groups (broad SMARTS) is 1. The molecule has 3 aromatic carbocycles. The zero-order valence-electron chi connectivity index (χ0n) is 12.9. The van der Waals surface area contributed by atoms with Crippen molar-refractivity contribution < 1.29 is 9.90 Å². The molecule has 0 radical (unpaired) electrons. The molecule has 23 heavy (non-hydrogen) atoms. The Morgan fingerprint density at radius 2 is 1.61 bits per heavy atom. The van der Waals surface area contributed by atoms with Gasteiger partial charge in [0.2, 0.25) is 0 Å². The first kappa shape index (κ1) is 16.0. The number of aryl methyl sites for hydroxylation is 2. The Morgan fingerprint density at radius 3 is 2.39 bits per heavy atom. The SMILES string of the molecule is O=C(O)CBr.c1ccc2c(c1)ccc1c3c(ccc12)CCCC3. The van der Waals surface area contributed by atoms with Crippen molar-refractivity contribution in [3.05, 3.63) is 59.7 Å². The summed E-state index contributed by atoms with van der Waals surface area (Å²) in [6.45, 7) is 0. The van der Waals surface area contributed by atoms with Gasteiger partial charge in [0.05, 0.1) is 0 Å². The quantitative estimate of drug-likeness (QED) is 0.463. The summed E-state index contributed by atoms with van der Waals surface area (Å²) in [6, 6.07) is 18.0. The molecule has 1 N–H and O–H groups in total. The van der Waals surface area contributed by atoms with Gasteiger partial charge in [0.1, 0.15) is 5.33 Å². The standard InChI is InChI=1S/C18H16.C2H3BrO2/c1-3-7-15-13(5-1)9-11-18-16-8-4-2-6-14(16)10-12-17(15)18;3-1-2(4)5/h1,3,5,7,9-12H,2,4,6,8H2;1H2,(H,4,5). The van der Waals surface area contributed by atoms with E-state index >= 15 is 0 Å². The van der Waals surface area contributed by atoms with Crippen LogP contribution in [0.3, 0.4) is 0 Å². The third kappa shape index (κ3) is 3.40. The Bertz CT molecular complexity index is 855. The van der Waals surface area contributed by atoms with E-state index in [1.807, 2.05) is 0 Å². The smallest absolute Gasteiger partial charge is 0.314 e. The number of alkyl halides is 1. The van der Waals surface area contributed by atoms with Crippen molar-refractivity contribution >= 4 is 43.4 Å². The molecule has 0 heterocycles. The van der Waals surface area contributed by atoms with E-state index in [1.54, 1.807) is 11.1 Å². The second-order valence-corrected chi connectivity index (χ2v) is 6.38. The van der Waals surface area contributed by atoms with Gasteiger partial charge < -0.3 is 5.11 Å². The van der Waals surface area contributed by atoms with E-state index in [0.29, 0.717) is 0 Å². The number of hydrogen-bond acceptors (Lipinski definition) is 1. The monoisotopic (exact) mass is 370 g/mol. The molecule has 1 aliphatic rings. The summed E-state index contributed by atoms with van der Waals surface area (Å²) in [7, 11) is 0. The van der Waals surface area contributed by atoms with Crippen LogP contribution in [0.4, 0.5) is 0 Å². The fourth-order valence-corrected chi connectivity index (χ4v) is 3.34. The van der Waals surface area contributed by atoms with Gasteiger partial charge >= 0.3 is 5.97 Å². The van der Waals surface area contributed by atoms with Crippen LogP contribution in [0.15, 0.2) is 48.5 Å². The molecule has 0 aliphatic heterocycles. The summed E-state index contributed by atoms with van der Waals surface area (Å²) in [5.74, 6) is -0.829. The fraction of sp³-hybridized carbons (Fsp3) is 0.250. The Balaban J connectivity index is 0.000000276. The van der Waals surface area contributed by atoms with Gasteiger partial charge in [0.15, 0.2) is 0 Å². The van der Waals surface area contributed by atoms with Gasteiger partial charge in [-0.1, -0.05) is 64.5 Å². The van der Waals surface area contributed by atoms with Crippen molar-refractivity contribution in [2.75, 3.05) is 5.33 Å². The molecule has 3 aromatic rings. The van der Waals surface area contributed by atoms with Gasteiger partial charge in [-0.25, -0.2) is 0 Å². The molecule has 0 amide bonds. The molecule has 0 spiro atoms. The lowest BCUT2D eigenvalue weighted by molar-refractivity contribution is -0.133. The third-order valence-corrected chi connectivity index (χ3v) is 4.85. The summed E-state index contributed by atoms with van der Waals surface area (Å²) < 4.78 is 0. The van der Waals surface area contributed by atoms with Gasteiger partial charge in [0, 0.05) is 0 Å². The van der Waals surface area contributed by atoms with Crippen LogP contribution in [0.2, 0.25) is 0 Å². The zero-order chi connectivity index (χ0) is 16.2. The number of fused-ring (bicyclic) bond motifs is 5. The summed E-state index contributed by atoms with van der Waals surface area (Å²) in [4.78, 5) is 9.32. The fourth-order valence-electron chi connectivity index (χ4n) is 3.34. The number of hydrogen-bond donors (Lipinski definition) is 1. The molecule has 118 valence electrons. The summed E-state index contributed by atoms with van der Waals surface area (Å²) >= 11 is 2.71. The number of carboxylic acids is 1. The highest BCUT2D eigenvalue weighted by atomic mass is 79.9. The van der Waals surface area contributed by atoms with E-state index in [1.165, 1.54) is 47.2 Å². The Morgan fingerprint density at radius 1 is 0.913 bits per heavy atom. The predicted octanol–water partition coefficient (Wildman–Crippen LogP) is 5.34. The summed E-state index contributed by atoms with van der Waals surface area (Å²) in [6.07, 6.45) is 5.22. The van der Waals surface area contributed by atoms with Crippen molar-refractivity contribution in [3.63, 3.8) is 0 Å². The molecular formula is C20H19BrO2. The van der Waals surface area contributed by atoms with Crippen molar-refractivity contribution in [2.24, 2.45) is 0 Å². The molecule has 0 aromatic heterocycles. The number of rotatable bonds is 1. The first-order valence-corrected chi connectivity index (χ1v) is 9.03. The maximum absolute atomic E-state index is 9.32. The molecule has 0 saturated heterocycles. The highest BCUT2D eigenvalue weighted by molar-refractivity contribution is 9.09. The van der Waals surface area contributed by atoms with E-state index < -0.39 is 5.97 Å². The first-order valence-electron chi connectivity index (χ1n) is 7.90. The zero-order valence-corrected chi connectivity index (χ0v) is 14.5. The molecular weight excluding hydrogens is 352 g/mol. The molecule has 3 heteroatoms. The highest BCUT2D eigenvalue weighted by Crippen LogP contribution is 2.33. The second kappa shape index (κ2) is 7.14. The number of aliphatic carboxylic acids is 1. The van der Waals surface area contributed by atoms with E-state index in [9.17, 15) is 4.79 Å². The Kier molecular flexibility index (Phi) is 4.97. The lowest BCUT2D eigenvalue weighted by Crippen LogP contribution is -2.02. The van der Waals surface area contributed by atoms with Gasteiger partial charge in [0.25, 0.3) is 0 Å². The minimum atomic E-state index is -0.829.